The molecule has 2 aliphatic rings. The van der Waals surface area contributed by atoms with Crippen LogP contribution in [-0.4, -0.2) is 83.8 Å². The first-order valence-corrected chi connectivity index (χ1v) is 11.5. The Hall–Kier alpha value is -3.00. The predicted molar refractivity (Wildman–Crippen MR) is 122 cm³/mol. The summed E-state index contributed by atoms with van der Waals surface area (Å²) in [6, 6.07) is 13.9. The minimum absolute atomic E-state index is 0.00117. The van der Waals surface area contributed by atoms with E-state index in [2.05, 4.69) is 15.1 Å². The monoisotopic (exact) mass is 437 g/mol. The molecule has 0 aliphatic carbocycles. The van der Waals surface area contributed by atoms with Crippen LogP contribution in [0.25, 0.3) is 11.3 Å². The quantitative estimate of drug-likeness (QED) is 0.661. The average molecular weight is 438 g/mol. The highest BCUT2D eigenvalue weighted by atomic mass is 16.5. The summed E-state index contributed by atoms with van der Waals surface area (Å²) in [6.07, 6.45) is 2.41. The van der Waals surface area contributed by atoms with Gasteiger partial charge in [0.2, 0.25) is 11.8 Å². The fourth-order valence-corrected chi connectivity index (χ4v) is 4.22. The molecule has 2 aliphatic heterocycles. The molecule has 2 fully saturated rings. The Labute approximate surface area is 189 Å². The second kappa shape index (κ2) is 10.5. The molecule has 1 aromatic carbocycles. The van der Waals surface area contributed by atoms with Gasteiger partial charge in [-0.25, -0.2) is 0 Å². The zero-order valence-electron chi connectivity index (χ0n) is 18.7. The van der Waals surface area contributed by atoms with Crippen molar-refractivity contribution in [3.05, 3.63) is 42.5 Å². The summed E-state index contributed by atoms with van der Waals surface area (Å²) >= 11 is 0. The smallest absolute Gasteiger partial charge is 0.242 e. The van der Waals surface area contributed by atoms with Crippen LogP contribution in [0.5, 0.6) is 0 Å². The molecule has 3 heterocycles. The summed E-state index contributed by atoms with van der Waals surface area (Å²) in [5, 5.41) is 8.76. The third-order valence-electron chi connectivity index (χ3n) is 6.11. The van der Waals surface area contributed by atoms with E-state index in [9.17, 15) is 9.59 Å². The standard InChI is InChI=1S/C24H31N5O3/c1-2-23(30)29(17-20-9-6-16-32-20)18-24(31)28-14-12-27(13-15-28)22-11-10-21(25-26-22)19-7-4-3-5-8-19/h3-5,7-8,10-11,20H,2,6,9,12-18H2,1H3/t20-/m0/s1. The van der Waals surface area contributed by atoms with Crippen molar-refractivity contribution >= 4 is 17.6 Å². The maximum absolute atomic E-state index is 12.9. The predicted octanol–water partition coefficient (Wildman–Crippen LogP) is 2.21. The van der Waals surface area contributed by atoms with Gasteiger partial charge in [0, 0.05) is 51.3 Å². The molecule has 2 amide bonds. The molecule has 8 nitrogen and oxygen atoms in total. The normalized spacial score (nSPS) is 18.6. The van der Waals surface area contributed by atoms with E-state index >= 15 is 0 Å². The summed E-state index contributed by atoms with van der Waals surface area (Å²) in [7, 11) is 0. The molecule has 2 aromatic rings. The highest BCUT2D eigenvalue weighted by Gasteiger charge is 2.27. The lowest BCUT2D eigenvalue weighted by atomic mass is 10.1. The second-order valence-electron chi connectivity index (χ2n) is 8.27. The third-order valence-corrected chi connectivity index (χ3v) is 6.11. The Morgan fingerprint density at radius 1 is 1.06 bits per heavy atom. The van der Waals surface area contributed by atoms with E-state index in [0.29, 0.717) is 39.1 Å². The van der Waals surface area contributed by atoms with E-state index in [0.717, 1.165) is 36.5 Å². The highest BCUT2D eigenvalue weighted by molar-refractivity contribution is 5.85. The molecule has 0 spiro atoms. The second-order valence-corrected chi connectivity index (χ2v) is 8.27. The largest absolute Gasteiger partial charge is 0.376 e. The highest BCUT2D eigenvalue weighted by Crippen LogP contribution is 2.19. The average Bonchev–Trinajstić information content (AvgIpc) is 3.37. The van der Waals surface area contributed by atoms with Crippen molar-refractivity contribution in [2.45, 2.75) is 32.3 Å². The van der Waals surface area contributed by atoms with Crippen LogP contribution in [-0.2, 0) is 14.3 Å². The van der Waals surface area contributed by atoms with Gasteiger partial charge in [-0.3, -0.25) is 9.59 Å². The van der Waals surface area contributed by atoms with Crippen LogP contribution in [0.2, 0.25) is 0 Å². The number of benzene rings is 1. The molecule has 2 saturated heterocycles. The van der Waals surface area contributed by atoms with Gasteiger partial charge in [0.25, 0.3) is 0 Å². The molecule has 1 atom stereocenters. The van der Waals surface area contributed by atoms with Gasteiger partial charge in [0.15, 0.2) is 5.82 Å². The molecule has 0 radical (unpaired) electrons. The first-order valence-electron chi connectivity index (χ1n) is 11.5. The number of carbonyl (C=O) groups excluding carboxylic acids is 2. The Morgan fingerprint density at radius 2 is 1.84 bits per heavy atom. The van der Waals surface area contributed by atoms with Gasteiger partial charge in [0.05, 0.1) is 18.3 Å². The number of ether oxygens (including phenoxy) is 1. The third kappa shape index (κ3) is 5.43. The molecule has 4 rings (SSSR count). The number of aromatic nitrogens is 2. The number of rotatable bonds is 7. The molecule has 0 bridgehead atoms. The van der Waals surface area contributed by atoms with Crippen molar-refractivity contribution in [1.82, 2.24) is 20.0 Å². The Morgan fingerprint density at radius 3 is 2.47 bits per heavy atom. The van der Waals surface area contributed by atoms with Gasteiger partial charge in [-0.15, -0.1) is 10.2 Å². The maximum atomic E-state index is 12.9. The zero-order valence-corrected chi connectivity index (χ0v) is 18.7. The van der Waals surface area contributed by atoms with E-state index < -0.39 is 0 Å². The van der Waals surface area contributed by atoms with Crippen LogP contribution >= 0.6 is 0 Å². The molecular weight excluding hydrogens is 406 g/mol. The number of hydrogen-bond acceptors (Lipinski definition) is 6. The first-order chi connectivity index (χ1) is 15.6. The minimum Gasteiger partial charge on any atom is -0.376 e. The lowest BCUT2D eigenvalue weighted by molar-refractivity contribution is -0.141. The summed E-state index contributed by atoms with van der Waals surface area (Å²) in [5.41, 5.74) is 1.88. The van der Waals surface area contributed by atoms with Gasteiger partial charge >= 0.3 is 0 Å². The number of hydrogen-bond donors (Lipinski definition) is 0. The Bertz CT molecular complexity index is 892. The number of carbonyl (C=O) groups is 2. The fourth-order valence-electron chi connectivity index (χ4n) is 4.22. The fraction of sp³-hybridized carbons (Fsp3) is 0.500. The van der Waals surface area contributed by atoms with Crippen molar-refractivity contribution in [3.63, 3.8) is 0 Å². The first kappa shape index (κ1) is 22.2. The molecule has 170 valence electrons. The maximum Gasteiger partial charge on any atom is 0.242 e. The SMILES string of the molecule is CCC(=O)N(CC(=O)N1CCN(c2ccc(-c3ccccc3)nn2)CC1)C[C@@H]1CCCO1. The van der Waals surface area contributed by atoms with Crippen LogP contribution in [0.1, 0.15) is 26.2 Å². The van der Waals surface area contributed by atoms with E-state index in [1.165, 1.54) is 0 Å². The van der Waals surface area contributed by atoms with Crippen molar-refractivity contribution in [2.24, 2.45) is 0 Å². The van der Waals surface area contributed by atoms with Crippen LogP contribution in [0, 0.1) is 0 Å². The van der Waals surface area contributed by atoms with Crippen molar-refractivity contribution in [2.75, 3.05) is 50.8 Å². The van der Waals surface area contributed by atoms with Crippen molar-refractivity contribution in [3.8, 4) is 11.3 Å². The van der Waals surface area contributed by atoms with Crippen LogP contribution in [0.4, 0.5) is 5.82 Å². The van der Waals surface area contributed by atoms with E-state index in [1.807, 2.05) is 54.3 Å². The minimum atomic E-state index is -0.00467. The summed E-state index contributed by atoms with van der Waals surface area (Å²) < 4.78 is 5.67. The van der Waals surface area contributed by atoms with Gasteiger partial charge in [-0.1, -0.05) is 37.3 Å². The number of anilines is 1. The van der Waals surface area contributed by atoms with Gasteiger partial charge in [-0.05, 0) is 25.0 Å². The van der Waals surface area contributed by atoms with Crippen LogP contribution in [0.3, 0.4) is 0 Å². The van der Waals surface area contributed by atoms with Gasteiger partial charge in [-0.2, -0.15) is 0 Å². The lowest BCUT2D eigenvalue weighted by Gasteiger charge is -2.36. The number of nitrogens with zero attached hydrogens (tertiary/aromatic N) is 5. The van der Waals surface area contributed by atoms with E-state index in [4.69, 9.17) is 4.74 Å². The lowest BCUT2D eigenvalue weighted by Crippen LogP contribution is -2.52. The van der Waals surface area contributed by atoms with Crippen molar-refractivity contribution < 1.29 is 14.3 Å². The van der Waals surface area contributed by atoms with E-state index in [-0.39, 0.29) is 24.5 Å². The molecule has 0 saturated carbocycles. The number of piperazine rings is 1. The van der Waals surface area contributed by atoms with Crippen LogP contribution < -0.4 is 4.90 Å². The van der Waals surface area contributed by atoms with E-state index in [1.54, 1.807) is 4.90 Å². The summed E-state index contributed by atoms with van der Waals surface area (Å²) in [5.74, 6) is 0.814. The topological polar surface area (TPSA) is 78.9 Å². The Kier molecular flexibility index (Phi) is 7.32. The Balaban J connectivity index is 1.30. The van der Waals surface area contributed by atoms with Crippen molar-refractivity contribution in [1.29, 1.82) is 0 Å². The summed E-state index contributed by atoms with van der Waals surface area (Å²) in [4.78, 5) is 30.9. The number of amides is 2. The molecular formula is C24H31N5O3. The molecule has 32 heavy (non-hydrogen) atoms. The molecule has 1 aromatic heterocycles. The molecule has 0 unspecified atom stereocenters. The van der Waals surface area contributed by atoms with Gasteiger partial charge < -0.3 is 19.4 Å². The molecule has 8 heteroatoms. The summed E-state index contributed by atoms with van der Waals surface area (Å²) in [6.45, 7) is 5.79. The zero-order chi connectivity index (χ0) is 22.3. The molecule has 0 N–H and O–H groups in total. The van der Waals surface area contributed by atoms with Crippen LogP contribution in [0.15, 0.2) is 42.5 Å². The van der Waals surface area contributed by atoms with Gasteiger partial charge in [0.1, 0.15) is 0 Å².